The maximum Gasteiger partial charge on any atom is 0.321 e. The number of urea groups is 1. The molecule has 1 aromatic carbocycles. The van der Waals surface area contributed by atoms with E-state index < -0.39 is 12.1 Å². The van der Waals surface area contributed by atoms with E-state index in [1.165, 1.54) is 7.05 Å². The van der Waals surface area contributed by atoms with E-state index in [4.69, 9.17) is 23.2 Å². The third-order valence-electron chi connectivity index (χ3n) is 3.10. The van der Waals surface area contributed by atoms with Gasteiger partial charge in [-0.2, -0.15) is 0 Å². The number of imide groups is 1. The fraction of sp³-hybridized carbons (Fsp3) is 0.385. The van der Waals surface area contributed by atoms with E-state index in [-0.39, 0.29) is 5.91 Å². The van der Waals surface area contributed by atoms with E-state index in [1.807, 2.05) is 19.2 Å². The van der Waals surface area contributed by atoms with Crippen LogP contribution in [-0.2, 0) is 11.3 Å². The second-order valence-electron chi connectivity index (χ2n) is 4.53. The zero-order valence-corrected chi connectivity index (χ0v) is 13.1. The van der Waals surface area contributed by atoms with Crippen molar-refractivity contribution in [3.63, 3.8) is 0 Å². The van der Waals surface area contributed by atoms with Crippen molar-refractivity contribution in [1.29, 1.82) is 0 Å². The molecule has 0 aliphatic rings. The predicted octanol–water partition coefficient (Wildman–Crippen LogP) is 0.852. The summed E-state index contributed by atoms with van der Waals surface area (Å²) in [6, 6.07) is 4.47. The summed E-state index contributed by atoms with van der Waals surface area (Å²) in [6.07, 6.45) is 0. The van der Waals surface area contributed by atoms with Gasteiger partial charge in [-0.3, -0.25) is 10.1 Å². The molecule has 0 spiro atoms. The van der Waals surface area contributed by atoms with Crippen LogP contribution < -0.4 is 15.5 Å². The SMILES string of the molecule is CNC(=O)NC(=O)[C@@H](C)[NH+](C)Cc1cccc(Cl)c1Cl. The van der Waals surface area contributed by atoms with Crippen LogP contribution in [-0.4, -0.2) is 32.1 Å². The molecule has 0 aliphatic heterocycles. The van der Waals surface area contributed by atoms with Crippen LogP contribution in [0.4, 0.5) is 4.79 Å². The summed E-state index contributed by atoms with van der Waals surface area (Å²) in [5, 5.41) is 5.57. The molecule has 3 amide bonds. The molecule has 0 aromatic heterocycles. The lowest BCUT2D eigenvalue weighted by Gasteiger charge is -2.21. The van der Waals surface area contributed by atoms with Crippen LogP contribution in [0.5, 0.6) is 0 Å². The van der Waals surface area contributed by atoms with Crippen molar-refractivity contribution in [3.8, 4) is 0 Å². The van der Waals surface area contributed by atoms with Crippen LogP contribution in [0.3, 0.4) is 0 Å². The topological polar surface area (TPSA) is 62.6 Å². The third kappa shape index (κ3) is 4.37. The van der Waals surface area contributed by atoms with Gasteiger partial charge in [-0.05, 0) is 13.0 Å². The zero-order valence-electron chi connectivity index (χ0n) is 11.6. The Balaban J connectivity index is 2.70. The number of amides is 3. The van der Waals surface area contributed by atoms with Gasteiger partial charge >= 0.3 is 6.03 Å². The molecule has 0 heterocycles. The van der Waals surface area contributed by atoms with Crippen molar-refractivity contribution in [1.82, 2.24) is 10.6 Å². The Morgan fingerprint density at radius 3 is 2.60 bits per heavy atom. The fourth-order valence-electron chi connectivity index (χ4n) is 1.64. The number of carbonyl (C=O) groups is 2. The lowest BCUT2D eigenvalue weighted by atomic mass is 10.2. The number of quaternary nitrogens is 1. The highest BCUT2D eigenvalue weighted by Gasteiger charge is 2.24. The minimum absolute atomic E-state index is 0.347. The van der Waals surface area contributed by atoms with Crippen molar-refractivity contribution >= 4 is 35.1 Å². The van der Waals surface area contributed by atoms with E-state index in [1.54, 1.807) is 13.0 Å². The molecule has 1 rings (SSSR count). The van der Waals surface area contributed by atoms with Gasteiger partial charge in [-0.1, -0.05) is 35.3 Å². The van der Waals surface area contributed by atoms with Crippen molar-refractivity contribution < 1.29 is 14.5 Å². The summed E-state index contributed by atoms with van der Waals surface area (Å²) in [7, 11) is 3.31. The lowest BCUT2D eigenvalue weighted by molar-refractivity contribution is -0.908. The van der Waals surface area contributed by atoms with Crippen molar-refractivity contribution in [3.05, 3.63) is 33.8 Å². The minimum atomic E-state index is -0.518. The Morgan fingerprint density at radius 2 is 2.00 bits per heavy atom. The Hall–Kier alpha value is -1.30. The van der Waals surface area contributed by atoms with Crippen LogP contribution in [0.1, 0.15) is 12.5 Å². The molecule has 0 aliphatic carbocycles. The van der Waals surface area contributed by atoms with Crippen molar-refractivity contribution in [2.24, 2.45) is 0 Å². The summed E-state index contributed by atoms with van der Waals surface area (Å²) in [6.45, 7) is 2.27. The maximum atomic E-state index is 11.8. The van der Waals surface area contributed by atoms with Gasteiger partial charge in [0, 0.05) is 12.6 Å². The van der Waals surface area contributed by atoms with Crippen molar-refractivity contribution in [2.75, 3.05) is 14.1 Å². The van der Waals surface area contributed by atoms with Gasteiger partial charge in [0.15, 0.2) is 6.04 Å². The Labute approximate surface area is 128 Å². The smallest absolute Gasteiger partial charge is 0.321 e. The standard InChI is InChI=1S/C13H17Cl2N3O2/c1-8(12(19)17-13(20)16-2)18(3)7-9-5-4-6-10(14)11(9)15/h4-6,8H,7H2,1-3H3,(H2,16,17,19,20)/p+1/t8-/m1/s1. The summed E-state index contributed by atoms with van der Waals surface area (Å²) >= 11 is 12.1. The Bertz CT molecular complexity index is 508. The van der Waals surface area contributed by atoms with E-state index in [0.29, 0.717) is 16.6 Å². The quantitative estimate of drug-likeness (QED) is 0.771. The average Bonchev–Trinajstić information content (AvgIpc) is 2.42. The van der Waals surface area contributed by atoms with Crippen molar-refractivity contribution in [2.45, 2.75) is 19.5 Å². The van der Waals surface area contributed by atoms with E-state index in [0.717, 1.165) is 10.5 Å². The number of nitrogens with one attached hydrogen (secondary N) is 3. The summed E-state index contributed by atoms with van der Waals surface area (Å²) in [5.41, 5.74) is 0.858. The van der Waals surface area contributed by atoms with Gasteiger partial charge in [0.25, 0.3) is 5.91 Å². The van der Waals surface area contributed by atoms with Crippen LogP contribution in [0.25, 0.3) is 0 Å². The molecule has 1 aromatic rings. The predicted molar refractivity (Wildman–Crippen MR) is 79.1 cm³/mol. The Morgan fingerprint density at radius 1 is 1.35 bits per heavy atom. The number of likely N-dealkylation sites (N-methyl/N-ethyl adjacent to an activating group) is 1. The van der Waals surface area contributed by atoms with Gasteiger partial charge in [-0.15, -0.1) is 0 Å². The molecule has 0 saturated heterocycles. The molecule has 0 radical (unpaired) electrons. The fourth-order valence-corrected chi connectivity index (χ4v) is 2.03. The number of hydrogen-bond acceptors (Lipinski definition) is 2. The molecule has 110 valence electrons. The first-order valence-corrected chi connectivity index (χ1v) is 6.90. The van der Waals surface area contributed by atoms with Gasteiger partial charge in [0.2, 0.25) is 0 Å². The number of benzene rings is 1. The third-order valence-corrected chi connectivity index (χ3v) is 3.96. The van der Waals surface area contributed by atoms with Crippen LogP contribution >= 0.6 is 23.2 Å². The van der Waals surface area contributed by atoms with Gasteiger partial charge in [0.05, 0.1) is 17.1 Å². The van der Waals surface area contributed by atoms with E-state index in [9.17, 15) is 9.59 Å². The van der Waals surface area contributed by atoms with Gasteiger partial charge in [0.1, 0.15) is 6.54 Å². The van der Waals surface area contributed by atoms with E-state index in [2.05, 4.69) is 10.6 Å². The van der Waals surface area contributed by atoms with Gasteiger partial charge in [-0.25, -0.2) is 4.79 Å². The molecule has 7 heteroatoms. The highest BCUT2D eigenvalue weighted by Crippen LogP contribution is 2.24. The average molecular weight is 319 g/mol. The van der Waals surface area contributed by atoms with Gasteiger partial charge < -0.3 is 10.2 Å². The molecular formula is C13H18Cl2N3O2+. The molecular weight excluding hydrogens is 301 g/mol. The minimum Gasteiger partial charge on any atom is -0.341 e. The second-order valence-corrected chi connectivity index (χ2v) is 5.31. The summed E-state index contributed by atoms with van der Waals surface area (Å²) in [4.78, 5) is 23.9. The van der Waals surface area contributed by atoms with Crippen LogP contribution in [0, 0.1) is 0 Å². The van der Waals surface area contributed by atoms with Crippen LogP contribution in [0.2, 0.25) is 10.0 Å². The lowest BCUT2D eigenvalue weighted by Crippen LogP contribution is -3.12. The van der Waals surface area contributed by atoms with E-state index >= 15 is 0 Å². The zero-order chi connectivity index (χ0) is 15.3. The monoisotopic (exact) mass is 318 g/mol. The second kappa shape index (κ2) is 7.47. The number of halogens is 2. The summed E-state index contributed by atoms with van der Waals surface area (Å²) < 4.78 is 0. The molecule has 3 N–H and O–H groups in total. The number of carbonyl (C=O) groups excluding carboxylic acids is 2. The molecule has 5 nitrogen and oxygen atoms in total. The highest BCUT2D eigenvalue weighted by atomic mass is 35.5. The molecule has 0 saturated carbocycles. The van der Waals surface area contributed by atoms with Crippen LogP contribution in [0.15, 0.2) is 18.2 Å². The molecule has 20 heavy (non-hydrogen) atoms. The highest BCUT2D eigenvalue weighted by molar-refractivity contribution is 6.42. The normalized spacial score (nSPS) is 13.4. The largest absolute Gasteiger partial charge is 0.341 e. The Kier molecular flexibility index (Phi) is 6.26. The maximum absolute atomic E-state index is 11.8. The first kappa shape index (κ1) is 16.8. The molecule has 1 unspecified atom stereocenters. The first-order valence-electron chi connectivity index (χ1n) is 6.14. The summed E-state index contributed by atoms with van der Waals surface area (Å²) in [5.74, 6) is -0.347. The first-order chi connectivity index (χ1) is 9.36. The molecule has 2 atom stereocenters. The molecule has 0 bridgehead atoms. The number of hydrogen-bond donors (Lipinski definition) is 3. The number of rotatable bonds is 4. The molecule has 0 fully saturated rings.